The molecule has 3 rings (SSSR count). The number of carbonyl (C=O) groups excluding carboxylic acids is 1. The second-order valence-corrected chi connectivity index (χ2v) is 7.60. The van der Waals surface area contributed by atoms with Crippen LogP contribution in [0.1, 0.15) is 5.56 Å². The molecule has 0 unspecified atom stereocenters. The van der Waals surface area contributed by atoms with E-state index in [0.717, 1.165) is 52.6 Å². The lowest BCUT2D eigenvalue weighted by atomic mass is 10.2. The Labute approximate surface area is 161 Å². The molecule has 1 N–H and O–H groups in total. The van der Waals surface area contributed by atoms with Crippen molar-refractivity contribution < 1.29 is 4.79 Å². The van der Waals surface area contributed by atoms with Gasteiger partial charge in [0, 0.05) is 47.0 Å². The van der Waals surface area contributed by atoms with Gasteiger partial charge < -0.3 is 10.2 Å². The van der Waals surface area contributed by atoms with Crippen LogP contribution in [-0.4, -0.2) is 43.5 Å². The summed E-state index contributed by atoms with van der Waals surface area (Å²) in [6, 6.07) is 13.8. The third-order valence-corrected chi connectivity index (χ3v) is 5.10. The number of hydrogen-bond acceptors (Lipinski definition) is 3. The number of piperazine rings is 1. The summed E-state index contributed by atoms with van der Waals surface area (Å²) in [4.78, 5) is 16.8. The highest BCUT2D eigenvalue weighted by Crippen LogP contribution is 2.21. The Hall–Kier alpha value is -1.56. The monoisotopic (exact) mass is 421 g/mol. The van der Waals surface area contributed by atoms with Gasteiger partial charge in [0.05, 0.1) is 6.54 Å². The van der Waals surface area contributed by atoms with Gasteiger partial charge in [-0.3, -0.25) is 9.69 Å². The highest BCUT2D eigenvalue weighted by Gasteiger charge is 2.19. The molecular weight excluding hydrogens is 402 g/mol. The standard InChI is InChI=1S/C19H21BrClN3O/c1-14-11-15(20)5-6-18(14)22-19(25)13-23-7-9-24(10-8-23)17-4-2-3-16(21)12-17/h2-6,11-12H,7-10,13H2,1H3,(H,22,25). The molecule has 0 spiro atoms. The Morgan fingerprint density at radius 2 is 1.92 bits per heavy atom. The first kappa shape index (κ1) is 18.2. The van der Waals surface area contributed by atoms with Gasteiger partial charge in [0.15, 0.2) is 0 Å². The number of nitrogens with one attached hydrogen (secondary N) is 1. The van der Waals surface area contributed by atoms with Gasteiger partial charge in [0.2, 0.25) is 5.91 Å². The molecule has 6 heteroatoms. The summed E-state index contributed by atoms with van der Waals surface area (Å²) in [7, 11) is 0. The van der Waals surface area contributed by atoms with Crippen LogP contribution in [0.2, 0.25) is 5.02 Å². The lowest BCUT2D eigenvalue weighted by Gasteiger charge is -2.35. The van der Waals surface area contributed by atoms with Crippen molar-refractivity contribution in [3.8, 4) is 0 Å². The molecule has 1 heterocycles. The second-order valence-electron chi connectivity index (χ2n) is 6.25. The fraction of sp³-hybridized carbons (Fsp3) is 0.316. The molecule has 1 fully saturated rings. The van der Waals surface area contributed by atoms with Gasteiger partial charge in [-0.1, -0.05) is 33.6 Å². The molecule has 1 saturated heterocycles. The van der Waals surface area contributed by atoms with Crippen LogP contribution in [0.15, 0.2) is 46.9 Å². The van der Waals surface area contributed by atoms with E-state index < -0.39 is 0 Å². The summed E-state index contributed by atoms with van der Waals surface area (Å²) in [6.45, 7) is 5.91. The van der Waals surface area contributed by atoms with Gasteiger partial charge in [-0.05, 0) is 48.9 Å². The maximum absolute atomic E-state index is 12.3. The molecule has 2 aromatic carbocycles. The van der Waals surface area contributed by atoms with Crippen molar-refractivity contribution in [1.29, 1.82) is 0 Å². The van der Waals surface area contributed by atoms with Crippen LogP contribution in [-0.2, 0) is 4.79 Å². The molecule has 4 nitrogen and oxygen atoms in total. The number of aryl methyl sites for hydroxylation is 1. The summed E-state index contributed by atoms with van der Waals surface area (Å²) in [5.74, 6) is 0.0293. The Morgan fingerprint density at radius 3 is 2.60 bits per heavy atom. The first-order valence-electron chi connectivity index (χ1n) is 8.30. The van der Waals surface area contributed by atoms with Crippen molar-refractivity contribution >= 4 is 44.8 Å². The molecule has 1 aliphatic rings. The summed E-state index contributed by atoms with van der Waals surface area (Å²) >= 11 is 9.51. The van der Waals surface area contributed by atoms with Crippen molar-refractivity contribution in [2.24, 2.45) is 0 Å². The fourth-order valence-corrected chi connectivity index (χ4v) is 3.66. The summed E-state index contributed by atoms with van der Waals surface area (Å²) < 4.78 is 1.01. The fourth-order valence-electron chi connectivity index (χ4n) is 3.00. The van der Waals surface area contributed by atoms with Crippen LogP contribution in [0.4, 0.5) is 11.4 Å². The van der Waals surface area contributed by atoms with Gasteiger partial charge >= 0.3 is 0 Å². The van der Waals surface area contributed by atoms with Gasteiger partial charge in [-0.2, -0.15) is 0 Å². The van der Waals surface area contributed by atoms with E-state index in [1.807, 2.05) is 43.3 Å². The predicted molar refractivity (Wildman–Crippen MR) is 108 cm³/mol. The third-order valence-electron chi connectivity index (χ3n) is 4.38. The minimum absolute atomic E-state index is 0.0293. The molecular formula is C19H21BrClN3O. The predicted octanol–water partition coefficient (Wildman–Crippen LogP) is 4.17. The summed E-state index contributed by atoms with van der Waals surface area (Å²) in [5.41, 5.74) is 3.06. The molecule has 1 aliphatic heterocycles. The summed E-state index contributed by atoms with van der Waals surface area (Å²) in [5, 5.41) is 3.76. The first-order valence-corrected chi connectivity index (χ1v) is 9.47. The van der Waals surface area contributed by atoms with Crippen molar-refractivity contribution in [1.82, 2.24) is 4.90 Å². The third kappa shape index (κ3) is 4.97. The van der Waals surface area contributed by atoms with E-state index in [0.29, 0.717) is 6.54 Å². The smallest absolute Gasteiger partial charge is 0.238 e. The van der Waals surface area contributed by atoms with E-state index >= 15 is 0 Å². The van der Waals surface area contributed by atoms with Gasteiger partial charge in [-0.15, -0.1) is 0 Å². The Bertz CT molecular complexity index is 760. The first-order chi connectivity index (χ1) is 12.0. The van der Waals surface area contributed by atoms with Crippen LogP contribution in [0, 0.1) is 6.92 Å². The maximum Gasteiger partial charge on any atom is 0.238 e. The van der Waals surface area contributed by atoms with Crippen molar-refractivity contribution in [3.05, 3.63) is 57.5 Å². The normalized spacial score (nSPS) is 15.2. The number of halogens is 2. The zero-order chi connectivity index (χ0) is 17.8. The molecule has 0 aromatic heterocycles. The number of rotatable bonds is 4. The molecule has 25 heavy (non-hydrogen) atoms. The van der Waals surface area contributed by atoms with E-state index in [1.54, 1.807) is 0 Å². The van der Waals surface area contributed by atoms with Crippen LogP contribution in [0.3, 0.4) is 0 Å². The zero-order valence-electron chi connectivity index (χ0n) is 14.1. The molecule has 0 radical (unpaired) electrons. The van der Waals surface area contributed by atoms with Crippen molar-refractivity contribution in [2.75, 3.05) is 42.9 Å². The Morgan fingerprint density at radius 1 is 1.16 bits per heavy atom. The lowest BCUT2D eigenvalue weighted by molar-refractivity contribution is -0.117. The molecule has 0 bridgehead atoms. The number of hydrogen-bond donors (Lipinski definition) is 1. The number of carbonyl (C=O) groups is 1. The number of nitrogens with zero attached hydrogens (tertiary/aromatic N) is 2. The van der Waals surface area contributed by atoms with E-state index in [4.69, 9.17) is 11.6 Å². The van der Waals surface area contributed by atoms with E-state index in [-0.39, 0.29) is 5.91 Å². The van der Waals surface area contributed by atoms with Crippen LogP contribution in [0.5, 0.6) is 0 Å². The maximum atomic E-state index is 12.3. The molecule has 132 valence electrons. The van der Waals surface area contributed by atoms with Crippen LogP contribution < -0.4 is 10.2 Å². The molecule has 0 aliphatic carbocycles. The van der Waals surface area contributed by atoms with Gasteiger partial charge in [0.25, 0.3) is 0 Å². The van der Waals surface area contributed by atoms with Crippen LogP contribution >= 0.6 is 27.5 Å². The van der Waals surface area contributed by atoms with Crippen molar-refractivity contribution in [3.63, 3.8) is 0 Å². The van der Waals surface area contributed by atoms with E-state index in [9.17, 15) is 4.79 Å². The number of anilines is 2. The average molecular weight is 423 g/mol. The Kier molecular flexibility index (Phi) is 5.99. The highest BCUT2D eigenvalue weighted by atomic mass is 79.9. The highest BCUT2D eigenvalue weighted by molar-refractivity contribution is 9.10. The number of amides is 1. The summed E-state index contributed by atoms with van der Waals surface area (Å²) in [6.07, 6.45) is 0. The molecule has 2 aromatic rings. The quantitative estimate of drug-likeness (QED) is 0.803. The minimum atomic E-state index is 0.0293. The Balaban J connectivity index is 1.51. The SMILES string of the molecule is Cc1cc(Br)ccc1NC(=O)CN1CCN(c2cccc(Cl)c2)CC1. The largest absolute Gasteiger partial charge is 0.369 e. The molecule has 0 atom stereocenters. The average Bonchev–Trinajstić information content (AvgIpc) is 2.58. The molecule has 0 saturated carbocycles. The number of benzene rings is 2. The minimum Gasteiger partial charge on any atom is -0.369 e. The topological polar surface area (TPSA) is 35.6 Å². The van der Waals surface area contributed by atoms with E-state index in [2.05, 4.69) is 37.1 Å². The van der Waals surface area contributed by atoms with Crippen LogP contribution in [0.25, 0.3) is 0 Å². The van der Waals surface area contributed by atoms with E-state index in [1.165, 1.54) is 0 Å². The molecule has 1 amide bonds. The van der Waals surface area contributed by atoms with Gasteiger partial charge in [-0.25, -0.2) is 0 Å². The second kappa shape index (κ2) is 8.21. The van der Waals surface area contributed by atoms with Gasteiger partial charge in [0.1, 0.15) is 0 Å². The lowest BCUT2D eigenvalue weighted by Crippen LogP contribution is -2.48. The van der Waals surface area contributed by atoms with Crippen molar-refractivity contribution in [2.45, 2.75) is 6.92 Å². The zero-order valence-corrected chi connectivity index (χ0v) is 16.5.